The fraction of sp³-hybridized carbons (Fsp3) is 0.214. The summed E-state index contributed by atoms with van der Waals surface area (Å²) in [5, 5.41) is 14.6. The van der Waals surface area contributed by atoms with Crippen LogP contribution in [0.2, 0.25) is 0 Å². The molecule has 0 aliphatic heterocycles. The maximum absolute atomic E-state index is 12.2. The van der Waals surface area contributed by atoms with Crippen LogP contribution in [-0.2, 0) is 13.5 Å². The van der Waals surface area contributed by atoms with Crippen LogP contribution in [0.15, 0.2) is 30.6 Å². The van der Waals surface area contributed by atoms with Gasteiger partial charge < -0.3 is 11.1 Å². The number of rotatable bonds is 4. The van der Waals surface area contributed by atoms with E-state index in [-0.39, 0.29) is 5.91 Å². The Labute approximate surface area is 121 Å². The van der Waals surface area contributed by atoms with Crippen molar-refractivity contribution in [2.24, 2.45) is 7.05 Å². The second-order valence-corrected chi connectivity index (χ2v) is 4.91. The number of aromatic nitrogens is 4. The zero-order chi connectivity index (χ0) is 14.8. The number of H-pyrrole nitrogens is 1. The third-order valence-corrected chi connectivity index (χ3v) is 3.26. The number of nitrogens with two attached hydrogens (primary N) is 1. The van der Waals surface area contributed by atoms with Gasteiger partial charge in [-0.25, -0.2) is 0 Å². The molecule has 2 aromatic heterocycles. The van der Waals surface area contributed by atoms with Crippen LogP contribution < -0.4 is 11.1 Å². The first kappa shape index (κ1) is 13.2. The molecule has 0 bridgehead atoms. The lowest BCUT2D eigenvalue weighted by Crippen LogP contribution is -2.26. The lowest BCUT2D eigenvalue weighted by Gasteiger charge is -2.02. The molecule has 1 amide bonds. The van der Waals surface area contributed by atoms with E-state index in [0.29, 0.717) is 17.9 Å². The van der Waals surface area contributed by atoms with Crippen LogP contribution in [0.25, 0.3) is 10.9 Å². The Kier molecular flexibility index (Phi) is 3.31. The molecule has 21 heavy (non-hydrogen) atoms. The number of carbonyl (C=O) groups excluding carboxylic acids is 1. The minimum absolute atomic E-state index is 0.212. The average molecular weight is 284 g/mol. The molecule has 0 saturated heterocycles. The molecule has 0 unspecified atom stereocenters. The number of aromatic amines is 1. The van der Waals surface area contributed by atoms with Crippen molar-refractivity contribution in [1.82, 2.24) is 25.3 Å². The molecule has 2 heterocycles. The molecule has 3 rings (SSSR count). The molecule has 0 spiro atoms. The zero-order valence-electron chi connectivity index (χ0n) is 11.6. The number of nitrogens with one attached hydrogen (secondary N) is 2. The molecule has 0 saturated carbocycles. The minimum Gasteiger partial charge on any atom is -0.399 e. The molecular formula is C14H16N6O. The van der Waals surface area contributed by atoms with E-state index in [1.165, 1.54) is 0 Å². The van der Waals surface area contributed by atoms with Crippen LogP contribution in [0.5, 0.6) is 0 Å². The maximum Gasteiger partial charge on any atom is 0.272 e. The van der Waals surface area contributed by atoms with Gasteiger partial charge in [0.15, 0.2) is 5.69 Å². The van der Waals surface area contributed by atoms with Gasteiger partial charge in [0.25, 0.3) is 5.91 Å². The average Bonchev–Trinajstić information content (AvgIpc) is 3.04. The molecule has 0 radical (unpaired) electrons. The van der Waals surface area contributed by atoms with Gasteiger partial charge >= 0.3 is 0 Å². The summed E-state index contributed by atoms with van der Waals surface area (Å²) >= 11 is 0. The summed E-state index contributed by atoms with van der Waals surface area (Å²) in [6.07, 6.45) is 4.44. The minimum atomic E-state index is -0.212. The number of carbonyl (C=O) groups is 1. The Bertz CT molecular complexity index is 788. The number of nitrogens with zero attached hydrogens (tertiary/aromatic N) is 3. The summed E-state index contributed by atoms with van der Waals surface area (Å²) in [6.45, 7) is 0.529. The van der Waals surface area contributed by atoms with Crippen molar-refractivity contribution in [3.8, 4) is 0 Å². The Morgan fingerprint density at radius 2 is 2.33 bits per heavy atom. The van der Waals surface area contributed by atoms with Crippen LogP contribution in [0.3, 0.4) is 0 Å². The summed E-state index contributed by atoms with van der Waals surface area (Å²) in [7, 11) is 1.86. The highest BCUT2D eigenvalue weighted by atomic mass is 16.1. The predicted octanol–water partition coefficient (Wildman–Crippen LogP) is 0.851. The van der Waals surface area contributed by atoms with Crippen molar-refractivity contribution in [3.63, 3.8) is 0 Å². The van der Waals surface area contributed by atoms with E-state index in [4.69, 9.17) is 5.73 Å². The highest BCUT2D eigenvalue weighted by Gasteiger charge is 2.13. The Morgan fingerprint density at radius 3 is 3.10 bits per heavy atom. The van der Waals surface area contributed by atoms with Crippen LogP contribution in [0.1, 0.15) is 16.1 Å². The Balaban J connectivity index is 1.68. The molecule has 7 nitrogen and oxygen atoms in total. The lowest BCUT2D eigenvalue weighted by molar-refractivity contribution is 0.0950. The molecule has 7 heteroatoms. The largest absolute Gasteiger partial charge is 0.399 e. The van der Waals surface area contributed by atoms with E-state index >= 15 is 0 Å². The summed E-state index contributed by atoms with van der Waals surface area (Å²) in [6, 6.07) is 5.32. The topological polar surface area (TPSA) is 102 Å². The van der Waals surface area contributed by atoms with Crippen LogP contribution in [0, 0.1) is 0 Å². The molecule has 0 atom stereocenters. The fourth-order valence-electron chi connectivity index (χ4n) is 2.21. The van der Waals surface area contributed by atoms with Gasteiger partial charge in [-0.2, -0.15) is 10.2 Å². The van der Waals surface area contributed by atoms with Gasteiger partial charge in [0, 0.05) is 30.9 Å². The van der Waals surface area contributed by atoms with Crippen molar-refractivity contribution in [1.29, 1.82) is 0 Å². The predicted molar refractivity (Wildman–Crippen MR) is 79.8 cm³/mol. The molecule has 4 N–H and O–H groups in total. The van der Waals surface area contributed by atoms with Crippen molar-refractivity contribution in [2.45, 2.75) is 6.42 Å². The van der Waals surface area contributed by atoms with Gasteiger partial charge in [-0.1, -0.05) is 0 Å². The van der Waals surface area contributed by atoms with Crippen LogP contribution in [0.4, 0.5) is 5.69 Å². The van der Waals surface area contributed by atoms with E-state index in [1.54, 1.807) is 23.0 Å². The summed E-state index contributed by atoms with van der Waals surface area (Å²) in [4.78, 5) is 12.2. The SMILES string of the molecule is Cn1cc(CCNC(=O)c2n[nH]c3ccc(N)cc23)cn1. The molecule has 3 aromatic rings. The third-order valence-electron chi connectivity index (χ3n) is 3.26. The van der Waals surface area contributed by atoms with E-state index in [1.807, 2.05) is 19.3 Å². The smallest absolute Gasteiger partial charge is 0.272 e. The van der Waals surface area contributed by atoms with Crippen molar-refractivity contribution >= 4 is 22.5 Å². The van der Waals surface area contributed by atoms with Gasteiger partial charge in [-0.15, -0.1) is 0 Å². The lowest BCUT2D eigenvalue weighted by atomic mass is 10.2. The number of benzene rings is 1. The van der Waals surface area contributed by atoms with Crippen molar-refractivity contribution < 1.29 is 4.79 Å². The number of amides is 1. The second kappa shape index (κ2) is 5.28. The quantitative estimate of drug-likeness (QED) is 0.618. The fourth-order valence-corrected chi connectivity index (χ4v) is 2.21. The van der Waals surface area contributed by atoms with Crippen molar-refractivity contribution in [3.05, 3.63) is 41.9 Å². The van der Waals surface area contributed by atoms with Gasteiger partial charge in [-0.05, 0) is 30.2 Å². The monoisotopic (exact) mass is 284 g/mol. The first-order chi connectivity index (χ1) is 10.1. The molecular weight excluding hydrogens is 268 g/mol. The first-order valence-corrected chi connectivity index (χ1v) is 6.63. The standard InChI is InChI=1S/C14H16N6O/c1-20-8-9(7-17-20)4-5-16-14(21)13-11-6-10(15)2-3-12(11)18-19-13/h2-3,6-8H,4-5,15H2,1H3,(H,16,21)(H,18,19). The number of anilines is 1. The highest BCUT2D eigenvalue weighted by molar-refractivity contribution is 6.05. The molecule has 108 valence electrons. The van der Waals surface area contributed by atoms with Crippen LogP contribution >= 0.6 is 0 Å². The third kappa shape index (κ3) is 2.71. The Hall–Kier alpha value is -2.83. The zero-order valence-corrected chi connectivity index (χ0v) is 11.6. The molecule has 0 fully saturated rings. The second-order valence-electron chi connectivity index (χ2n) is 4.91. The summed E-state index contributed by atoms with van der Waals surface area (Å²) < 4.78 is 1.74. The number of hydrogen-bond acceptors (Lipinski definition) is 4. The summed E-state index contributed by atoms with van der Waals surface area (Å²) in [5.74, 6) is -0.212. The van der Waals surface area contributed by atoms with E-state index in [0.717, 1.165) is 22.9 Å². The van der Waals surface area contributed by atoms with Gasteiger partial charge in [0.2, 0.25) is 0 Å². The van der Waals surface area contributed by atoms with Crippen molar-refractivity contribution in [2.75, 3.05) is 12.3 Å². The first-order valence-electron chi connectivity index (χ1n) is 6.63. The summed E-state index contributed by atoms with van der Waals surface area (Å²) in [5.41, 5.74) is 8.59. The molecule has 0 aliphatic rings. The van der Waals surface area contributed by atoms with Crippen LogP contribution in [-0.4, -0.2) is 32.4 Å². The van der Waals surface area contributed by atoms with Gasteiger partial charge in [0.1, 0.15) is 0 Å². The number of fused-ring (bicyclic) bond motifs is 1. The van der Waals surface area contributed by atoms with E-state index in [2.05, 4.69) is 20.6 Å². The normalized spacial score (nSPS) is 10.9. The van der Waals surface area contributed by atoms with Gasteiger partial charge in [-0.3, -0.25) is 14.6 Å². The van der Waals surface area contributed by atoms with Gasteiger partial charge in [0.05, 0.1) is 11.7 Å². The number of aryl methyl sites for hydroxylation is 1. The number of nitrogen functional groups attached to an aromatic ring is 1. The number of hydrogen-bond donors (Lipinski definition) is 3. The molecule has 1 aromatic carbocycles. The maximum atomic E-state index is 12.2. The highest BCUT2D eigenvalue weighted by Crippen LogP contribution is 2.18. The molecule has 0 aliphatic carbocycles. The Morgan fingerprint density at radius 1 is 1.48 bits per heavy atom. The van der Waals surface area contributed by atoms with E-state index in [9.17, 15) is 4.79 Å². The van der Waals surface area contributed by atoms with E-state index < -0.39 is 0 Å².